The zero-order valence-corrected chi connectivity index (χ0v) is 8.16. The molecule has 2 heteroatoms. The van der Waals surface area contributed by atoms with Crippen LogP contribution in [-0.4, -0.2) is 55.7 Å². The average Bonchev–Trinajstić information content (AvgIpc) is 2.55. The van der Waals surface area contributed by atoms with Crippen LogP contribution in [0.5, 0.6) is 0 Å². The Labute approximate surface area is 75.1 Å². The topological polar surface area (TPSA) is 3.24 Å². The second-order valence-electron chi connectivity index (χ2n) is 4.71. The predicted molar refractivity (Wildman–Crippen MR) is 51.0 cm³/mol. The highest BCUT2D eigenvalue weighted by atomic mass is 15.4. The van der Waals surface area contributed by atoms with Gasteiger partial charge in [-0.2, -0.15) is 0 Å². The molecule has 2 heterocycles. The van der Waals surface area contributed by atoms with Crippen molar-refractivity contribution in [2.75, 3.05) is 40.3 Å². The standard InChI is InChI=1S/C10H19N2/c1-12(2)8-5-10(9-12)11-6-3-4-7-11/h3-4,10H,5-9H2,1-2H3/q+1. The molecule has 68 valence electrons. The molecule has 12 heavy (non-hydrogen) atoms. The SMILES string of the molecule is C[N+]1(C)CCC(N2CC=CC2)C1. The largest absolute Gasteiger partial charge is 0.327 e. The summed E-state index contributed by atoms with van der Waals surface area (Å²) in [6, 6.07) is 0.843. The van der Waals surface area contributed by atoms with E-state index in [1.165, 1.54) is 37.1 Å². The lowest BCUT2D eigenvalue weighted by Crippen LogP contribution is -2.41. The van der Waals surface area contributed by atoms with Crippen molar-refractivity contribution < 1.29 is 4.48 Å². The molecule has 1 unspecified atom stereocenters. The minimum Gasteiger partial charge on any atom is -0.327 e. The molecule has 1 saturated heterocycles. The van der Waals surface area contributed by atoms with E-state index in [1.807, 2.05) is 0 Å². The molecule has 2 nitrogen and oxygen atoms in total. The number of quaternary nitrogens is 1. The van der Waals surface area contributed by atoms with Crippen molar-refractivity contribution in [2.45, 2.75) is 12.5 Å². The van der Waals surface area contributed by atoms with Crippen molar-refractivity contribution in [3.05, 3.63) is 12.2 Å². The Hall–Kier alpha value is -0.340. The summed E-state index contributed by atoms with van der Waals surface area (Å²) in [6.07, 6.45) is 5.96. The number of likely N-dealkylation sites (N-methyl/N-ethyl adjacent to an activating group) is 1. The smallest absolute Gasteiger partial charge is 0.0943 e. The summed E-state index contributed by atoms with van der Waals surface area (Å²) in [5, 5.41) is 0. The maximum Gasteiger partial charge on any atom is 0.0943 e. The minimum absolute atomic E-state index is 0.843. The first-order valence-corrected chi connectivity index (χ1v) is 4.88. The predicted octanol–water partition coefficient (Wildman–Crippen LogP) is 0.707. The molecule has 0 aliphatic carbocycles. The lowest BCUT2D eigenvalue weighted by molar-refractivity contribution is -0.878. The highest BCUT2D eigenvalue weighted by molar-refractivity contribution is 4.98. The monoisotopic (exact) mass is 167 g/mol. The van der Waals surface area contributed by atoms with E-state index in [4.69, 9.17) is 0 Å². The fourth-order valence-corrected chi connectivity index (χ4v) is 2.34. The van der Waals surface area contributed by atoms with Crippen molar-refractivity contribution in [3.63, 3.8) is 0 Å². The third kappa shape index (κ3) is 1.54. The second kappa shape index (κ2) is 2.86. The van der Waals surface area contributed by atoms with Crippen LogP contribution in [0.2, 0.25) is 0 Å². The molecule has 0 aromatic rings. The molecule has 0 bridgehead atoms. The highest BCUT2D eigenvalue weighted by Gasteiger charge is 2.34. The van der Waals surface area contributed by atoms with E-state index in [0.29, 0.717) is 0 Å². The molecular formula is C10H19N2+. The van der Waals surface area contributed by atoms with Crippen LogP contribution in [0.4, 0.5) is 0 Å². The Bertz CT molecular complexity index is 188. The number of hydrogen-bond donors (Lipinski definition) is 0. The zero-order chi connectivity index (χ0) is 8.60. The molecule has 0 aromatic carbocycles. The first-order valence-electron chi connectivity index (χ1n) is 4.88. The zero-order valence-electron chi connectivity index (χ0n) is 8.16. The first kappa shape index (κ1) is 8.27. The molecule has 1 atom stereocenters. The van der Waals surface area contributed by atoms with Crippen LogP contribution in [0.1, 0.15) is 6.42 Å². The maximum absolute atomic E-state index is 2.59. The summed E-state index contributed by atoms with van der Waals surface area (Å²) >= 11 is 0. The van der Waals surface area contributed by atoms with Gasteiger partial charge in [0, 0.05) is 19.5 Å². The molecule has 2 rings (SSSR count). The van der Waals surface area contributed by atoms with E-state index in [2.05, 4.69) is 31.1 Å². The Morgan fingerprint density at radius 1 is 1.25 bits per heavy atom. The number of likely N-dealkylation sites (tertiary alicyclic amines) is 1. The Balaban J connectivity index is 1.91. The minimum atomic E-state index is 0.843. The van der Waals surface area contributed by atoms with Crippen LogP contribution in [0.3, 0.4) is 0 Å². The molecule has 2 aliphatic heterocycles. The van der Waals surface area contributed by atoms with Crippen LogP contribution in [0.25, 0.3) is 0 Å². The van der Waals surface area contributed by atoms with Gasteiger partial charge in [0.2, 0.25) is 0 Å². The Kier molecular flexibility index (Phi) is 1.97. The molecule has 0 aromatic heterocycles. The van der Waals surface area contributed by atoms with E-state index in [9.17, 15) is 0 Å². The van der Waals surface area contributed by atoms with E-state index in [0.717, 1.165) is 6.04 Å². The van der Waals surface area contributed by atoms with Gasteiger partial charge in [-0.1, -0.05) is 12.2 Å². The van der Waals surface area contributed by atoms with Crippen molar-refractivity contribution in [2.24, 2.45) is 0 Å². The van der Waals surface area contributed by atoms with Crippen LogP contribution in [0.15, 0.2) is 12.2 Å². The van der Waals surface area contributed by atoms with Crippen LogP contribution < -0.4 is 0 Å². The third-order valence-corrected chi connectivity index (χ3v) is 3.14. The van der Waals surface area contributed by atoms with E-state index >= 15 is 0 Å². The van der Waals surface area contributed by atoms with Crippen LogP contribution >= 0.6 is 0 Å². The summed E-state index contributed by atoms with van der Waals surface area (Å²) in [5.41, 5.74) is 0. The van der Waals surface area contributed by atoms with Gasteiger partial charge in [0.15, 0.2) is 0 Å². The number of nitrogens with zero attached hydrogens (tertiary/aromatic N) is 2. The number of hydrogen-bond acceptors (Lipinski definition) is 1. The lowest BCUT2D eigenvalue weighted by atomic mass is 10.2. The molecule has 1 fully saturated rings. The van der Waals surface area contributed by atoms with Crippen molar-refractivity contribution >= 4 is 0 Å². The van der Waals surface area contributed by atoms with Crippen molar-refractivity contribution in [1.29, 1.82) is 0 Å². The van der Waals surface area contributed by atoms with Gasteiger partial charge < -0.3 is 4.48 Å². The van der Waals surface area contributed by atoms with Gasteiger partial charge in [-0.3, -0.25) is 4.90 Å². The third-order valence-electron chi connectivity index (χ3n) is 3.14. The molecule has 0 N–H and O–H groups in total. The fraction of sp³-hybridized carbons (Fsp3) is 0.800. The summed E-state index contributed by atoms with van der Waals surface area (Å²) in [5.74, 6) is 0. The molecule has 2 aliphatic rings. The number of rotatable bonds is 1. The summed E-state index contributed by atoms with van der Waals surface area (Å²) in [6.45, 7) is 5.05. The van der Waals surface area contributed by atoms with Crippen LogP contribution in [-0.2, 0) is 0 Å². The fourth-order valence-electron chi connectivity index (χ4n) is 2.34. The summed E-state index contributed by atoms with van der Waals surface area (Å²) < 4.78 is 1.21. The quantitative estimate of drug-likeness (QED) is 0.410. The van der Waals surface area contributed by atoms with Gasteiger partial charge in [0.05, 0.1) is 33.2 Å². The molecular weight excluding hydrogens is 148 g/mol. The molecule has 0 amide bonds. The van der Waals surface area contributed by atoms with Gasteiger partial charge in [-0.15, -0.1) is 0 Å². The average molecular weight is 167 g/mol. The van der Waals surface area contributed by atoms with Crippen molar-refractivity contribution in [1.82, 2.24) is 4.90 Å². The molecule has 0 saturated carbocycles. The van der Waals surface area contributed by atoms with Crippen molar-refractivity contribution in [3.8, 4) is 0 Å². The van der Waals surface area contributed by atoms with E-state index in [-0.39, 0.29) is 0 Å². The van der Waals surface area contributed by atoms with Gasteiger partial charge in [-0.05, 0) is 0 Å². The Morgan fingerprint density at radius 3 is 2.42 bits per heavy atom. The van der Waals surface area contributed by atoms with E-state index in [1.54, 1.807) is 0 Å². The van der Waals surface area contributed by atoms with Gasteiger partial charge in [0.25, 0.3) is 0 Å². The normalized spacial score (nSPS) is 34.7. The lowest BCUT2D eigenvalue weighted by Gasteiger charge is -2.26. The van der Waals surface area contributed by atoms with E-state index < -0.39 is 0 Å². The molecule has 0 radical (unpaired) electrons. The van der Waals surface area contributed by atoms with Gasteiger partial charge >= 0.3 is 0 Å². The molecule has 0 spiro atoms. The first-order chi connectivity index (χ1) is 5.67. The Morgan fingerprint density at radius 2 is 1.92 bits per heavy atom. The summed E-state index contributed by atoms with van der Waals surface area (Å²) in [4.78, 5) is 2.59. The highest BCUT2D eigenvalue weighted by Crippen LogP contribution is 2.20. The van der Waals surface area contributed by atoms with Gasteiger partial charge in [0.1, 0.15) is 0 Å². The second-order valence-corrected chi connectivity index (χ2v) is 4.71. The van der Waals surface area contributed by atoms with Gasteiger partial charge in [-0.25, -0.2) is 0 Å². The summed E-state index contributed by atoms with van der Waals surface area (Å²) in [7, 11) is 4.67. The van der Waals surface area contributed by atoms with Crippen LogP contribution in [0, 0.1) is 0 Å². The maximum atomic E-state index is 2.59.